The molecule has 0 saturated heterocycles. The third kappa shape index (κ3) is 3.06. The normalized spacial score (nSPS) is 11.7. The van der Waals surface area contributed by atoms with Crippen molar-refractivity contribution >= 4 is 22.6 Å². The number of carbonyl (C=O) groups excluding carboxylic acids is 1. The average molecular weight is 262 g/mol. The van der Waals surface area contributed by atoms with Gasteiger partial charge in [-0.3, -0.25) is 4.79 Å². The first kappa shape index (κ1) is 13.4. The third-order valence-electron chi connectivity index (χ3n) is 2.95. The Labute approximate surface area is 111 Å². The minimum atomic E-state index is -0.482. The Morgan fingerprint density at radius 3 is 2.84 bits per heavy atom. The van der Waals surface area contributed by atoms with E-state index >= 15 is 0 Å². The van der Waals surface area contributed by atoms with E-state index < -0.39 is 5.54 Å². The third-order valence-corrected chi connectivity index (χ3v) is 2.95. The van der Waals surface area contributed by atoms with Gasteiger partial charge in [-0.05, 0) is 44.5 Å². The van der Waals surface area contributed by atoms with Gasteiger partial charge in [-0.15, -0.1) is 0 Å². The fourth-order valence-corrected chi connectivity index (χ4v) is 1.88. The van der Waals surface area contributed by atoms with Crippen molar-refractivity contribution in [3.05, 3.63) is 30.0 Å². The summed E-state index contributed by atoms with van der Waals surface area (Å²) in [6, 6.07) is 6.88. The minimum Gasteiger partial charge on any atom is -0.451 e. The van der Waals surface area contributed by atoms with Gasteiger partial charge in [0, 0.05) is 23.2 Å². The van der Waals surface area contributed by atoms with Gasteiger partial charge in [0.05, 0.1) is 0 Å². The van der Waals surface area contributed by atoms with Crippen LogP contribution in [-0.4, -0.2) is 23.2 Å². The summed E-state index contributed by atoms with van der Waals surface area (Å²) >= 11 is 0. The summed E-state index contributed by atoms with van der Waals surface area (Å²) in [5, 5.41) is 12.6. The predicted molar refractivity (Wildman–Crippen MR) is 73.9 cm³/mol. The number of nitrogen functional groups attached to an aromatic ring is 1. The Bertz CT molecular complexity index is 602. The van der Waals surface area contributed by atoms with E-state index in [9.17, 15) is 4.79 Å². The Morgan fingerprint density at radius 1 is 1.42 bits per heavy atom. The van der Waals surface area contributed by atoms with E-state index in [2.05, 4.69) is 5.32 Å². The van der Waals surface area contributed by atoms with Crippen LogP contribution in [0.15, 0.2) is 28.7 Å². The van der Waals surface area contributed by atoms with Gasteiger partial charge in [0.15, 0.2) is 5.76 Å². The predicted octanol–water partition coefficient (Wildman–Crippen LogP) is 1.91. The lowest BCUT2D eigenvalue weighted by Gasteiger charge is -2.24. The quantitative estimate of drug-likeness (QED) is 0.734. The van der Waals surface area contributed by atoms with Crippen LogP contribution in [0.1, 0.15) is 30.8 Å². The fraction of sp³-hybridized carbons (Fsp3) is 0.357. The highest BCUT2D eigenvalue weighted by Crippen LogP contribution is 2.22. The summed E-state index contributed by atoms with van der Waals surface area (Å²) < 4.78 is 5.48. The number of nitrogens with one attached hydrogen (secondary N) is 1. The van der Waals surface area contributed by atoms with Crippen LogP contribution in [0, 0.1) is 0 Å². The number of hydrogen-bond donors (Lipinski definition) is 3. The monoisotopic (exact) mass is 262 g/mol. The van der Waals surface area contributed by atoms with Gasteiger partial charge in [-0.2, -0.15) is 0 Å². The zero-order chi connectivity index (χ0) is 14.0. The molecule has 1 amide bonds. The number of carbonyl (C=O) groups is 1. The van der Waals surface area contributed by atoms with E-state index in [1.165, 1.54) is 0 Å². The zero-order valence-electron chi connectivity index (χ0n) is 11.1. The van der Waals surface area contributed by atoms with Gasteiger partial charge >= 0.3 is 0 Å². The number of aliphatic hydroxyl groups excluding tert-OH is 1. The SMILES string of the molecule is CC(C)(CCO)NC(=O)c1cc2cc(N)ccc2o1. The van der Waals surface area contributed by atoms with Crippen molar-refractivity contribution in [2.24, 2.45) is 0 Å². The second-order valence-corrected chi connectivity index (χ2v) is 5.22. The molecule has 2 rings (SSSR count). The second kappa shape index (κ2) is 4.93. The molecule has 5 heteroatoms. The molecular weight excluding hydrogens is 244 g/mol. The molecule has 2 aromatic rings. The average Bonchev–Trinajstić information content (AvgIpc) is 2.71. The molecule has 0 bridgehead atoms. The number of benzene rings is 1. The van der Waals surface area contributed by atoms with Gasteiger partial charge in [0.25, 0.3) is 5.91 Å². The van der Waals surface area contributed by atoms with Crippen molar-refractivity contribution in [3.63, 3.8) is 0 Å². The van der Waals surface area contributed by atoms with Crippen molar-refractivity contribution in [1.29, 1.82) is 0 Å². The highest BCUT2D eigenvalue weighted by Gasteiger charge is 2.22. The summed E-state index contributed by atoms with van der Waals surface area (Å²) in [6.07, 6.45) is 0.478. The number of aliphatic hydroxyl groups is 1. The number of rotatable bonds is 4. The van der Waals surface area contributed by atoms with E-state index in [1.807, 2.05) is 13.8 Å². The van der Waals surface area contributed by atoms with Crippen molar-refractivity contribution in [2.75, 3.05) is 12.3 Å². The molecule has 1 aromatic carbocycles. The molecule has 19 heavy (non-hydrogen) atoms. The summed E-state index contributed by atoms with van der Waals surface area (Å²) in [7, 11) is 0. The molecule has 0 fully saturated rings. The van der Waals surface area contributed by atoms with Gasteiger partial charge in [-0.1, -0.05) is 0 Å². The molecule has 0 unspecified atom stereocenters. The maximum absolute atomic E-state index is 12.1. The standard InChI is InChI=1S/C14H18N2O3/c1-14(2,5-6-17)16-13(18)12-8-9-7-10(15)3-4-11(9)19-12/h3-4,7-8,17H,5-6,15H2,1-2H3,(H,16,18). The molecule has 0 radical (unpaired) electrons. The summed E-state index contributed by atoms with van der Waals surface area (Å²) in [6.45, 7) is 3.72. The fourth-order valence-electron chi connectivity index (χ4n) is 1.88. The molecule has 0 aliphatic heterocycles. The number of anilines is 1. The molecule has 0 aliphatic rings. The highest BCUT2D eigenvalue weighted by molar-refractivity contribution is 5.96. The van der Waals surface area contributed by atoms with Crippen molar-refractivity contribution in [3.8, 4) is 0 Å². The van der Waals surface area contributed by atoms with Crippen LogP contribution in [-0.2, 0) is 0 Å². The zero-order valence-corrected chi connectivity index (χ0v) is 11.1. The number of nitrogens with two attached hydrogens (primary N) is 1. The molecule has 1 aromatic heterocycles. The van der Waals surface area contributed by atoms with Gasteiger partial charge < -0.3 is 20.6 Å². The molecule has 102 valence electrons. The first-order valence-corrected chi connectivity index (χ1v) is 6.14. The maximum Gasteiger partial charge on any atom is 0.287 e. The first-order valence-electron chi connectivity index (χ1n) is 6.14. The number of fused-ring (bicyclic) bond motifs is 1. The largest absolute Gasteiger partial charge is 0.451 e. The van der Waals surface area contributed by atoms with E-state index in [0.717, 1.165) is 5.39 Å². The van der Waals surface area contributed by atoms with Crippen molar-refractivity contribution < 1.29 is 14.3 Å². The molecule has 5 nitrogen and oxygen atoms in total. The van der Waals surface area contributed by atoms with Crippen LogP contribution in [0.3, 0.4) is 0 Å². The van der Waals surface area contributed by atoms with Gasteiger partial charge in [0.1, 0.15) is 5.58 Å². The van der Waals surface area contributed by atoms with Crippen LogP contribution >= 0.6 is 0 Å². The Balaban J connectivity index is 2.22. The van der Waals surface area contributed by atoms with E-state index in [0.29, 0.717) is 17.7 Å². The first-order chi connectivity index (χ1) is 8.91. The summed E-state index contributed by atoms with van der Waals surface area (Å²) in [4.78, 5) is 12.1. The Kier molecular flexibility index (Phi) is 3.48. The second-order valence-electron chi connectivity index (χ2n) is 5.22. The smallest absolute Gasteiger partial charge is 0.287 e. The van der Waals surface area contributed by atoms with Crippen molar-refractivity contribution in [1.82, 2.24) is 5.32 Å². The molecule has 0 aliphatic carbocycles. The highest BCUT2D eigenvalue weighted by atomic mass is 16.3. The molecule has 0 saturated carbocycles. The lowest BCUT2D eigenvalue weighted by Crippen LogP contribution is -2.43. The Hall–Kier alpha value is -2.01. The topological polar surface area (TPSA) is 88.5 Å². The van der Waals surface area contributed by atoms with Crippen LogP contribution in [0.4, 0.5) is 5.69 Å². The Morgan fingerprint density at radius 2 is 2.16 bits per heavy atom. The lowest BCUT2D eigenvalue weighted by atomic mass is 10.0. The van der Waals surface area contributed by atoms with Crippen LogP contribution in [0.5, 0.6) is 0 Å². The van der Waals surface area contributed by atoms with Gasteiger partial charge in [0.2, 0.25) is 0 Å². The molecule has 0 spiro atoms. The van der Waals surface area contributed by atoms with Crippen molar-refractivity contribution in [2.45, 2.75) is 25.8 Å². The molecule has 0 atom stereocenters. The van der Waals surface area contributed by atoms with Crippen LogP contribution in [0.25, 0.3) is 11.0 Å². The molecule has 1 heterocycles. The number of hydrogen-bond acceptors (Lipinski definition) is 4. The summed E-state index contributed by atoms with van der Waals surface area (Å²) in [5.41, 5.74) is 6.45. The molecule has 4 N–H and O–H groups in total. The van der Waals surface area contributed by atoms with E-state index in [1.54, 1.807) is 24.3 Å². The van der Waals surface area contributed by atoms with E-state index in [-0.39, 0.29) is 18.3 Å². The maximum atomic E-state index is 12.1. The molecular formula is C14H18N2O3. The van der Waals surface area contributed by atoms with E-state index in [4.69, 9.17) is 15.3 Å². The lowest BCUT2D eigenvalue weighted by molar-refractivity contribution is 0.0873. The van der Waals surface area contributed by atoms with Gasteiger partial charge in [-0.25, -0.2) is 0 Å². The number of furan rings is 1. The number of amides is 1. The van der Waals surface area contributed by atoms with Crippen LogP contribution < -0.4 is 11.1 Å². The summed E-state index contributed by atoms with van der Waals surface area (Å²) in [5.74, 6) is -0.0557. The van der Waals surface area contributed by atoms with Crippen LogP contribution in [0.2, 0.25) is 0 Å². The minimum absolute atomic E-state index is 0.0178.